The normalized spacial score (nSPS) is 15.0. The number of amidine groups is 1. The topological polar surface area (TPSA) is 54.1 Å². The molecule has 0 saturated carbocycles. The monoisotopic (exact) mass is 265 g/mol. The van der Waals surface area contributed by atoms with E-state index in [0.717, 1.165) is 5.56 Å². The minimum absolute atomic E-state index is 0.0621. The van der Waals surface area contributed by atoms with E-state index < -0.39 is 5.91 Å². The largest absolute Gasteiger partial charge is 0.299 e. The molecule has 17 heavy (non-hydrogen) atoms. The predicted octanol–water partition coefficient (Wildman–Crippen LogP) is 3.44. The van der Waals surface area contributed by atoms with Gasteiger partial charge in [-0.3, -0.25) is 4.79 Å². The molecule has 0 aliphatic carbocycles. The minimum atomic E-state index is -0.443. The third-order valence-corrected chi connectivity index (χ3v) is 3.27. The van der Waals surface area contributed by atoms with E-state index in [1.807, 2.05) is 24.3 Å². The van der Waals surface area contributed by atoms with Crippen molar-refractivity contribution in [3.8, 4) is 0 Å². The first kappa shape index (κ1) is 12.0. The van der Waals surface area contributed by atoms with Gasteiger partial charge in [-0.2, -0.15) is 4.99 Å². The van der Waals surface area contributed by atoms with Crippen LogP contribution in [0.3, 0.4) is 0 Å². The highest BCUT2D eigenvalue weighted by Crippen LogP contribution is 2.23. The summed E-state index contributed by atoms with van der Waals surface area (Å²) >= 11 is 7.32. The van der Waals surface area contributed by atoms with Gasteiger partial charge in [0, 0.05) is 10.8 Å². The molecule has 0 fully saturated rings. The number of hydrogen-bond donors (Lipinski definition) is 0. The van der Waals surface area contributed by atoms with Crippen molar-refractivity contribution >= 4 is 34.4 Å². The lowest BCUT2D eigenvalue weighted by molar-refractivity contribution is -0.114. The smallest absolute Gasteiger partial charge is 0.265 e. The van der Waals surface area contributed by atoms with Gasteiger partial charge in [-0.05, 0) is 11.6 Å². The predicted molar refractivity (Wildman–Crippen MR) is 69.2 cm³/mol. The number of azo groups is 1. The zero-order chi connectivity index (χ0) is 12.3. The molecule has 0 atom stereocenters. The van der Waals surface area contributed by atoms with Crippen LogP contribution >= 0.6 is 23.4 Å². The van der Waals surface area contributed by atoms with Crippen LogP contribution in [0, 0.1) is 0 Å². The van der Waals surface area contributed by atoms with Crippen molar-refractivity contribution in [3.63, 3.8) is 0 Å². The number of amides is 1. The first-order chi connectivity index (χ1) is 8.16. The zero-order valence-corrected chi connectivity index (χ0v) is 10.3. The lowest BCUT2D eigenvalue weighted by atomic mass is 10.2. The number of hydrogen-bond acceptors (Lipinski definition) is 4. The summed E-state index contributed by atoms with van der Waals surface area (Å²) < 4.78 is 0. The van der Waals surface area contributed by atoms with Crippen LogP contribution in [0.1, 0.15) is 5.56 Å². The van der Waals surface area contributed by atoms with Gasteiger partial charge in [0.25, 0.3) is 5.91 Å². The second kappa shape index (κ2) is 5.25. The Balaban J connectivity index is 2.03. The molecule has 0 bridgehead atoms. The Bertz CT molecular complexity index is 539. The summed E-state index contributed by atoms with van der Waals surface area (Å²) in [7, 11) is 0. The number of aliphatic imine (C=N–C) groups is 1. The Morgan fingerprint density at radius 2 is 2.06 bits per heavy atom. The summed E-state index contributed by atoms with van der Waals surface area (Å²) in [6.45, 7) is 3.41. The molecular weight excluding hydrogens is 258 g/mol. The van der Waals surface area contributed by atoms with Gasteiger partial charge >= 0.3 is 0 Å². The van der Waals surface area contributed by atoms with Gasteiger partial charge in [-0.15, -0.1) is 10.2 Å². The second-order valence-electron chi connectivity index (χ2n) is 3.23. The van der Waals surface area contributed by atoms with Gasteiger partial charge in [-0.1, -0.05) is 48.1 Å². The number of halogens is 1. The number of benzene rings is 1. The molecule has 0 saturated heterocycles. The summed E-state index contributed by atoms with van der Waals surface area (Å²) in [5.74, 6) is 0.152. The van der Waals surface area contributed by atoms with Crippen LogP contribution < -0.4 is 0 Å². The van der Waals surface area contributed by atoms with E-state index in [0.29, 0.717) is 15.9 Å². The van der Waals surface area contributed by atoms with Crippen molar-refractivity contribution in [1.82, 2.24) is 0 Å². The quantitative estimate of drug-likeness (QED) is 0.769. The molecule has 0 spiro atoms. The summed E-state index contributed by atoms with van der Waals surface area (Å²) in [4.78, 5) is 14.9. The zero-order valence-electron chi connectivity index (χ0n) is 8.76. The standard InChI is InChI=1S/C11H8ClN3OS/c1-7-10(16)13-11(15-14-7)17-6-8-4-2-3-5-9(8)12/h2-5H,1,6H2. The lowest BCUT2D eigenvalue weighted by Gasteiger charge is -2.05. The van der Waals surface area contributed by atoms with Crippen LogP contribution in [0.25, 0.3) is 0 Å². The fourth-order valence-electron chi connectivity index (χ4n) is 1.14. The van der Waals surface area contributed by atoms with Crippen molar-refractivity contribution < 1.29 is 4.79 Å². The van der Waals surface area contributed by atoms with E-state index in [9.17, 15) is 4.79 Å². The van der Waals surface area contributed by atoms with Gasteiger partial charge in [-0.25, -0.2) is 0 Å². The number of carbonyl (C=O) groups is 1. The molecule has 86 valence electrons. The summed E-state index contributed by atoms with van der Waals surface area (Å²) in [6.07, 6.45) is 0. The number of rotatable bonds is 2. The van der Waals surface area contributed by atoms with Gasteiger partial charge < -0.3 is 0 Å². The van der Waals surface area contributed by atoms with E-state index in [1.165, 1.54) is 11.8 Å². The Labute approximate surface area is 107 Å². The summed E-state index contributed by atoms with van der Waals surface area (Å²) in [5, 5.41) is 8.42. The first-order valence-electron chi connectivity index (χ1n) is 4.76. The van der Waals surface area contributed by atoms with Crippen LogP contribution in [0.5, 0.6) is 0 Å². The third kappa shape index (κ3) is 3.01. The van der Waals surface area contributed by atoms with Crippen LogP contribution in [0.4, 0.5) is 0 Å². The van der Waals surface area contributed by atoms with Gasteiger partial charge in [0.05, 0.1) is 0 Å². The molecule has 1 heterocycles. The average molecular weight is 266 g/mol. The van der Waals surface area contributed by atoms with Gasteiger partial charge in [0.15, 0.2) is 0 Å². The molecule has 1 aliphatic rings. The third-order valence-electron chi connectivity index (χ3n) is 2.01. The molecule has 1 aromatic rings. The number of carbonyl (C=O) groups excluding carboxylic acids is 1. The fraction of sp³-hybridized carbons (Fsp3) is 0.0909. The van der Waals surface area contributed by atoms with Crippen LogP contribution in [0.2, 0.25) is 5.02 Å². The fourth-order valence-corrected chi connectivity index (χ4v) is 2.20. The molecule has 6 heteroatoms. The summed E-state index contributed by atoms with van der Waals surface area (Å²) in [6, 6.07) is 7.49. The molecular formula is C11H8ClN3OS. The molecule has 0 radical (unpaired) electrons. The van der Waals surface area contributed by atoms with Crippen LogP contribution in [0.15, 0.2) is 51.8 Å². The minimum Gasteiger partial charge on any atom is -0.265 e. The van der Waals surface area contributed by atoms with Gasteiger partial charge in [0.1, 0.15) is 5.70 Å². The molecule has 0 N–H and O–H groups in total. The molecule has 2 rings (SSSR count). The lowest BCUT2D eigenvalue weighted by Crippen LogP contribution is -2.04. The second-order valence-corrected chi connectivity index (χ2v) is 4.58. The Hall–Kier alpha value is -1.46. The highest BCUT2D eigenvalue weighted by molar-refractivity contribution is 8.13. The maximum Gasteiger partial charge on any atom is 0.299 e. The summed E-state index contributed by atoms with van der Waals surface area (Å²) in [5.41, 5.74) is 1.03. The maximum absolute atomic E-state index is 11.2. The number of thioether (sulfide) groups is 1. The average Bonchev–Trinajstić information content (AvgIpc) is 2.32. The Kier molecular flexibility index (Phi) is 3.71. The molecule has 1 aromatic carbocycles. The van der Waals surface area contributed by atoms with E-state index in [-0.39, 0.29) is 5.70 Å². The van der Waals surface area contributed by atoms with Crippen molar-refractivity contribution in [2.75, 3.05) is 0 Å². The van der Waals surface area contributed by atoms with E-state index in [1.54, 1.807) is 0 Å². The Morgan fingerprint density at radius 3 is 2.76 bits per heavy atom. The van der Waals surface area contributed by atoms with Crippen LogP contribution in [-0.4, -0.2) is 11.1 Å². The van der Waals surface area contributed by atoms with E-state index >= 15 is 0 Å². The first-order valence-corrected chi connectivity index (χ1v) is 6.13. The molecule has 0 aromatic heterocycles. The van der Waals surface area contributed by atoms with Crippen molar-refractivity contribution in [1.29, 1.82) is 0 Å². The van der Waals surface area contributed by atoms with Crippen molar-refractivity contribution in [3.05, 3.63) is 47.1 Å². The van der Waals surface area contributed by atoms with Crippen LogP contribution in [-0.2, 0) is 10.5 Å². The van der Waals surface area contributed by atoms with Crippen molar-refractivity contribution in [2.24, 2.45) is 15.2 Å². The maximum atomic E-state index is 11.2. The highest BCUT2D eigenvalue weighted by Gasteiger charge is 2.13. The molecule has 1 amide bonds. The number of nitrogens with zero attached hydrogens (tertiary/aromatic N) is 3. The van der Waals surface area contributed by atoms with E-state index in [2.05, 4.69) is 21.8 Å². The molecule has 1 aliphatic heterocycles. The van der Waals surface area contributed by atoms with Crippen molar-refractivity contribution in [2.45, 2.75) is 5.75 Å². The van der Waals surface area contributed by atoms with E-state index in [4.69, 9.17) is 11.6 Å². The van der Waals surface area contributed by atoms with Gasteiger partial charge in [0.2, 0.25) is 5.17 Å². The Morgan fingerprint density at radius 1 is 1.29 bits per heavy atom. The molecule has 0 unspecified atom stereocenters. The molecule has 4 nitrogen and oxygen atoms in total. The SMILES string of the molecule is C=C1N=NC(SCc2ccccc2Cl)=NC1=O. The highest BCUT2D eigenvalue weighted by atomic mass is 35.5.